The van der Waals surface area contributed by atoms with E-state index in [1.54, 1.807) is 0 Å². The Morgan fingerprint density at radius 2 is 0.543 bits per heavy atom. The molecule has 0 aliphatic heterocycles. The molecule has 0 spiro atoms. The summed E-state index contributed by atoms with van der Waals surface area (Å²) < 4.78 is 5.05. The van der Waals surface area contributed by atoms with Gasteiger partial charge in [0.05, 0.1) is 22.1 Å². The Morgan fingerprint density at radius 3 is 0.957 bits per heavy atom. The number of aromatic nitrogens is 2. The minimum absolute atomic E-state index is 1.13. The van der Waals surface area contributed by atoms with Crippen LogP contribution in [0.4, 0.5) is 0 Å². The van der Waals surface area contributed by atoms with Gasteiger partial charge in [0.2, 0.25) is 0 Å². The smallest absolute Gasteiger partial charge is 0.0641 e. The van der Waals surface area contributed by atoms with Crippen LogP contribution < -0.4 is 0 Å². The van der Waals surface area contributed by atoms with Crippen molar-refractivity contribution in [3.63, 3.8) is 0 Å². The molecule has 2 heterocycles. The summed E-state index contributed by atoms with van der Waals surface area (Å²) in [4.78, 5) is 10.4. The van der Waals surface area contributed by atoms with E-state index in [1.807, 2.05) is 0 Å². The number of benzene rings is 11. The third-order valence-corrected chi connectivity index (χ3v) is 21.7. The van der Waals surface area contributed by atoms with Crippen molar-refractivity contribution in [3.05, 3.63) is 291 Å². The third-order valence-electron chi connectivity index (χ3n) is 13.9. The number of nitrogens with zero attached hydrogens (tertiary/aromatic N) is 2. The number of rotatable bonds is 10. The quantitative estimate of drug-likeness (QED) is 0.129. The molecule has 70 heavy (non-hydrogen) atoms. The summed E-state index contributed by atoms with van der Waals surface area (Å²) in [5.41, 5.74) is 7.00. The average Bonchev–Trinajstić information content (AvgIpc) is 3.97. The molecule has 13 rings (SSSR count). The van der Waals surface area contributed by atoms with Crippen LogP contribution in [-0.4, -0.2) is 9.13 Å². The molecular weight excluding hydrogens is 885 g/mol. The molecule has 0 aliphatic rings. The topological polar surface area (TPSA) is 9.86 Å². The van der Waals surface area contributed by atoms with E-state index in [9.17, 15) is 0 Å². The summed E-state index contributed by atoms with van der Waals surface area (Å²) in [5.74, 6) is 0. The van der Waals surface area contributed by atoms with Crippen LogP contribution in [0.15, 0.2) is 330 Å². The van der Waals surface area contributed by atoms with Crippen molar-refractivity contribution in [2.24, 2.45) is 0 Å². The van der Waals surface area contributed by atoms with Crippen LogP contribution in [0.25, 0.3) is 55.0 Å². The molecule has 11 aromatic carbocycles. The standard InChI is InChI=1S/C66H48N2S2/c1-7-27-51(28-8-1)69(52-29-9-2-10-30-52,53-31-11-3-12-32-53)57-39-23-25-49(47-57)67-63-44-22-20-42-61(63)65-64(67)46-45-60-59-41-19-21-43-62(59)68(66(60)65)50-26-24-40-58(48-50)70(54-33-13-4-14-34-54,55-35-15-5-16-36-55)56-37-17-6-18-38-56/h1-48H. The van der Waals surface area contributed by atoms with Crippen LogP contribution in [0.3, 0.4) is 0 Å². The first kappa shape index (κ1) is 41.9. The van der Waals surface area contributed by atoms with Crippen LogP contribution in [-0.2, 0) is 0 Å². The summed E-state index contributed by atoms with van der Waals surface area (Å²) in [5, 5.41) is 4.93. The second kappa shape index (κ2) is 17.4. The molecule has 2 aromatic heterocycles. The van der Waals surface area contributed by atoms with Gasteiger partial charge >= 0.3 is 0 Å². The predicted molar refractivity (Wildman–Crippen MR) is 295 cm³/mol. The third kappa shape index (κ3) is 6.45. The van der Waals surface area contributed by atoms with Crippen LogP contribution >= 0.6 is 20.1 Å². The lowest BCUT2D eigenvalue weighted by Gasteiger charge is -2.42. The van der Waals surface area contributed by atoms with Crippen molar-refractivity contribution in [2.45, 2.75) is 39.2 Å². The van der Waals surface area contributed by atoms with Gasteiger partial charge in [-0.3, -0.25) is 0 Å². The molecule has 0 aliphatic carbocycles. The number of hydrogen-bond donors (Lipinski definition) is 0. The lowest BCUT2D eigenvalue weighted by molar-refractivity contribution is 1.14. The molecule has 0 N–H and O–H groups in total. The van der Waals surface area contributed by atoms with Gasteiger partial charge in [-0.15, -0.1) is 20.1 Å². The highest BCUT2D eigenvalue weighted by molar-refractivity contribution is 8.34. The Labute approximate surface area is 412 Å². The Morgan fingerprint density at radius 1 is 0.214 bits per heavy atom. The maximum atomic E-state index is 2.55. The van der Waals surface area contributed by atoms with Crippen LogP contribution in [0.1, 0.15) is 0 Å². The van der Waals surface area contributed by atoms with Gasteiger partial charge in [-0.25, -0.2) is 0 Å². The zero-order chi connectivity index (χ0) is 46.5. The van der Waals surface area contributed by atoms with Gasteiger partial charge in [0, 0.05) is 72.1 Å². The molecular formula is C66H48N2S2. The molecule has 0 saturated heterocycles. The zero-order valence-corrected chi connectivity index (χ0v) is 40.1. The normalized spacial score (nSPS) is 12.5. The van der Waals surface area contributed by atoms with Gasteiger partial charge in [0.1, 0.15) is 0 Å². The van der Waals surface area contributed by atoms with Crippen molar-refractivity contribution in [1.29, 1.82) is 0 Å². The van der Waals surface area contributed by atoms with Gasteiger partial charge in [0.15, 0.2) is 0 Å². The molecule has 13 aromatic rings. The molecule has 0 atom stereocenters. The Bertz CT molecular complexity index is 3790. The van der Waals surface area contributed by atoms with Crippen molar-refractivity contribution in [1.82, 2.24) is 9.13 Å². The van der Waals surface area contributed by atoms with Crippen molar-refractivity contribution < 1.29 is 0 Å². The fourth-order valence-corrected chi connectivity index (χ4v) is 18.9. The Balaban J connectivity index is 1.09. The molecule has 0 fully saturated rings. The molecule has 0 amide bonds. The molecule has 2 nitrogen and oxygen atoms in total. The summed E-state index contributed by atoms with van der Waals surface area (Å²) >= 11 is 0. The predicted octanol–water partition coefficient (Wildman–Crippen LogP) is 18.6. The molecule has 0 bridgehead atoms. The summed E-state index contributed by atoms with van der Waals surface area (Å²) in [6.45, 7) is 0. The van der Waals surface area contributed by atoms with E-state index in [4.69, 9.17) is 0 Å². The molecule has 0 radical (unpaired) electrons. The summed E-state index contributed by atoms with van der Waals surface area (Å²) in [6, 6.07) is 108. The average molecular weight is 933 g/mol. The molecule has 4 heteroatoms. The number of hydrogen-bond acceptors (Lipinski definition) is 0. The van der Waals surface area contributed by atoms with Crippen molar-refractivity contribution >= 4 is 63.7 Å². The van der Waals surface area contributed by atoms with E-state index in [-0.39, 0.29) is 0 Å². The zero-order valence-electron chi connectivity index (χ0n) is 38.4. The molecule has 0 unspecified atom stereocenters. The second-order valence-electron chi connectivity index (χ2n) is 17.7. The van der Waals surface area contributed by atoms with Crippen molar-refractivity contribution in [3.8, 4) is 11.4 Å². The maximum absolute atomic E-state index is 2.55. The van der Waals surface area contributed by atoms with E-state index >= 15 is 0 Å². The lowest BCUT2D eigenvalue weighted by Crippen LogP contribution is -2.06. The van der Waals surface area contributed by atoms with Gasteiger partial charge in [-0.2, -0.15) is 0 Å². The van der Waals surface area contributed by atoms with Gasteiger partial charge in [0.25, 0.3) is 0 Å². The summed E-state index contributed by atoms with van der Waals surface area (Å²) in [7, 11) is -3.85. The van der Waals surface area contributed by atoms with Crippen LogP contribution in [0.5, 0.6) is 0 Å². The fraction of sp³-hybridized carbons (Fsp3) is 0. The highest BCUT2D eigenvalue weighted by Gasteiger charge is 2.35. The highest BCUT2D eigenvalue weighted by Crippen LogP contribution is 2.75. The van der Waals surface area contributed by atoms with Crippen LogP contribution in [0, 0.1) is 0 Å². The van der Waals surface area contributed by atoms with Gasteiger partial charge in [-0.1, -0.05) is 164 Å². The Hall–Kier alpha value is -8.28. The molecule has 334 valence electrons. The highest BCUT2D eigenvalue weighted by atomic mass is 32.3. The first-order valence-corrected chi connectivity index (χ1v) is 27.2. The fourth-order valence-electron chi connectivity index (χ4n) is 11.1. The van der Waals surface area contributed by atoms with E-state index in [0.717, 1.165) is 11.4 Å². The van der Waals surface area contributed by atoms with E-state index in [0.29, 0.717) is 0 Å². The van der Waals surface area contributed by atoms with E-state index in [1.165, 1.54) is 82.8 Å². The maximum Gasteiger partial charge on any atom is 0.0641 e. The SMILES string of the molecule is c1ccc(S(c2ccccc2)(c2ccccc2)c2cccc(-n3c4ccccc4c4c3ccc3c5ccccc5n(-c5cccc(S(c6ccccc6)(c6ccccc6)c6ccccc6)c5)c34)c2)cc1. The minimum Gasteiger partial charge on any atom is -0.309 e. The second-order valence-corrected chi connectivity index (χ2v) is 23.9. The number of fused-ring (bicyclic) bond motifs is 7. The minimum atomic E-state index is -1.93. The van der Waals surface area contributed by atoms with Crippen molar-refractivity contribution in [2.75, 3.05) is 0 Å². The lowest BCUT2D eigenvalue weighted by atomic mass is 10.1. The first-order valence-electron chi connectivity index (χ1n) is 23.9. The summed E-state index contributed by atoms with van der Waals surface area (Å²) in [6.07, 6.45) is 0. The van der Waals surface area contributed by atoms with Gasteiger partial charge < -0.3 is 9.13 Å². The molecule has 0 saturated carbocycles. The van der Waals surface area contributed by atoms with Gasteiger partial charge in [-0.05, 0) is 127 Å². The Kier molecular flexibility index (Phi) is 10.4. The van der Waals surface area contributed by atoms with Crippen LogP contribution in [0.2, 0.25) is 0 Å². The number of para-hydroxylation sites is 2. The van der Waals surface area contributed by atoms with E-state index in [2.05, 4.69) is 300 Å². The van der Waals surface area contributed by atoms with E-state index < -0.39 is 20.1 Å². The largest absolute Gasteiger partial charge is 0.309 e. The monoisotopic (exact) mass is 932 g/mol. The first-order chi connectivity index (χ1) is 34.8.